The lowest BCUT2D eigenvalue weighted by molar-refractivity contribution is -0.139. The van der Waals surface area contributed by atoms with Gasteiger partial charge in [-0.05, 0) is 52.0 Å². The molecule has 0 aromatic rings. The minimum atomic E-state index is -0.449. The summed E-state index contributed by atoms with van der Waals surface area (Å²) in [6, 6.07) is 0. The highest BCUT2D eigenvalue weighted by atomic mass is 16.7. The minimum Gasteiger partial charge on any atom is -0.394 e. The molecule has 4 atom stereocenters. The van der Waals surface area contributed by atoms with Crippen molar-refractivity contribution in [2.45, 2.75) is 71.1 Å². The molecule has 2 saturated heterocycles. The van der Waals surface area contributed by atoms with Crippen LogP contribution in [0.3, 0.4) is 0 Å². The maximum Gasteiger partial charge on any atom is 0.163 e. The average Bonchev–Trinajstić information content (AvgIpc) is 2.97. The smallest absolute Gasteiger partial charge is 0.163 e. The largest absolute Gasteiger partial charge is 0.394 e. The monoisotopic (exact) mass is 310 g/mol. The summed E-state index contributed by atoms with van der Waals surface area (Å²) in [5.41, 5.74) is 1.91. The molecule has 0 spiro atoms. The maximum absolute atomic E-state index is 9.17. The molecule has 0 radical (unpaired) electrons. The van der Waals surface area contributed by atoms with Crippen molar-refractivity contribution in [2.24, 2.45) is 5.92 Å². The summed E-state index contributed by atoms with van der Waals surface area (Å²) in [6.45, 7) is 15.1. The van der Waals surface area contributed by atoms with Crippen molar-refractivity contribution in [2.75, 3.05) is 13.2 Å². The summed E-state index contributed by atoms with van der Waals surface area (Å²) < 4.78 is 17.0. The van der Waals surface area contributed by atoms with Gasteiger partial charge in [-0.3, -0.25) is 0 Å². The topological polar surface area (TPSA) is 51.2 Å². The predicted molar refractivity (Wildman–Crippen MR) is 86.6 cm³/mol. The van der Waals surface area contributed by atoms with Gasteiger partial charge in [-0.2, -0.15) is 0 Å². The van der Waals surface area contributed by atoms with Crippen LogP contribution in [0, 0.1) is 5.92 Å². The van der Waals surface area contributed by atoms with Crippen LogP contribution in [-0.2, 0) is 14.2 Å². The first-order chi connectivity index (χ1) is 10.2. The van der Waals surface area contributed by atoms with Crippen LogP contribution in [0.2, 0.25) is 0 Å². The number of ether oxygens (including phenoxy) is 3. The van der Waals surface area contributed by atoms with Crippen LogP contribution in [-0.4, -0.2) is 41.9 Å². The van der Waals surface area contributed by atoms with E-state index in [9.17, 15) is 5.11 Å². The SMILES string of the molecule is C=C(/C=C(\C)[C@]1(C)O[C@@H]1CO)C[C@@H](C)C[C@@H]1COC(C)(C)O1. The Balaban J connectivity index is 1.79. The molecule has 4 heteroatoms. The molecule has 0 aromatic carbocycles. The molecule has 1 N–H and O–H groups in total. The van der Waals surface area contributed by atoms with Crippen LogP contribution < -0.4 is 0 Å². The van der Waals surface area contributed by atoms with E-state index in [1.165, 1.54) is 0 Å². The summed E-state index contributed by atoms with van der Waals surface area (Å²) in [6.07, 6.45) is 4.10. The van der Waals surface area contributed by atoms with E-state index in [1.807, 2.05) is 27.7 Å². The molecular formula is C18H30O4. The van der Waals surface area contributed by atoms with Gasteiger partial charge >= 0.3 is 0 Å². The number of aliphatic hydroxyl groups is 1. The van der Waals surface area contributed by atoms with Crippen LogP contribution >= 0.6 is 0 Å². The minimum absolute atomic E-state index is 0.0688. The molecule has 2 fully saturated rings. The number of aliphatic hydroxyl groups excluding tert-OH is 1. The third-order valence-electron chi connectivity index (χ3n) is 4.66. The molecule has 2 aliphatic heterocycles. The van der Waals surface area contributed by atoms with Crippen LogP contribution in [0.5, 0.6) is 0 Å². The van der Waals surface area contributed by atoms with E-state index >= 15 is 0 Å². The Hall–Kier alpha value is -0.680. The highest BCUT2D eigenvalue weighted by Gasteiger charge is 2.52. The number of epoxide rings is 1. The van der Waals surface area contributed by atoms with Gasteiger partial charge in [-0.25, -0.2) is 0 Å². The lowest BCUT2D eigenvalue weighted by atomic mass is 9.92. The van der Waals surface area contributed by atoms with Crippen LogP contribution in [0.4, 0.5) is 0 Å². The number of allylic oxidation sites excluding steroid dienone is 2. The Bertz CT molecular complexity index is 454. The zero-order valence-corrected chi connectivity index (χ0v) is 14.5. The average molecular weight is 310 g/mol. The molecule has 2 aliphatic rings. The van der Waals surface area contributed by atoms with Crippen molar-refractivity contribution in [1.29, 1.82) is 0 Å². The van der Waals surface area contributed by atoms with E-state index in [0.717, 1.165) is 24.0 Å². The van der Waals surface area contributed by atoms with Crippen molar-refractivity contribution in [1.82, 2.24) is 0 Å². The van der Waals surface area contributed by atoms with Crippen molar-refractivity contribution in [3.63, 3.8) is 0 Å². The number of rotatable bonds is 7. The van der Waals surface area contributed by atoms with Gasteiger partial charge in [0, 0.05) is 0 Å². The van der Waals surface area contributed by atoms with Gasteiger partial charge in [0.15, 0.2) is 5.79 Å². The summed E-state index contributed by atoms with van der Waals surface area (Å²) >= 11 is 0. The molecule has 0 aliphatic carbocycles. The van der Waals surface area contributed by atoms with E-state index in [0.29, 0.717) is 12.5 Å². The summed E-state index contributed by atoms with van der Waals surface area (Å²) in [5, 5.41) is 9.17. The van der Waals surface area contributed by atoms with Gasteiger partial charge in [-0.15, -0.1) is 0 Å². The van der Waals surface area contributed by atoms with Gasteiger partial charge in [0.25, 0.3) is 0 Å². The summed E-state index contributed by atoms with van der Waals surface area (Å²) in [7, 11) is 0. The zero-order chi connectivity index (χ0) is 16.5. The third-order valence-corrected chi connectivity index (χ3v) is 4.66. The Morgan fingerprint density at radius 3 is 2.55 bits per heavy atom. The van der Waals surface area contributed by atoms with Gasteiger partial charge < -0.3 is 19.3 Å². The standard InChI is InChI=1S/C18H30O4/c1-12(8-14(3)18(6)16(10-19)22-18)7-13(2)9-15-11-20-17(4,5)21-15/h8,13,15-16,19H,1,7,9-11H2,2-6H3/b14-8+/t13-,15-,16-,18+/m1/s1. The molecule has 0 saturated carbocycles. The quantitative estimate of drug-likeness (QED) is 0.579. The number of hydrogen-bond donors (Lipinski definition) is 1. The van der Waals surface area contributed by atoms with Crippen molar-refractivity contribution >= 4 is 0 Å². The lowest BCUT2D eigenvalue weighted by Gasteiger charge is -2.19. The van der Waals surface area contributed by atoms with Gasteiger partial charge in [-0.1, -0.05) is 25.2 Å². The highest BCUT2D eigenvalue weighted by molar-refractivity contribution is 5.31. The van der Waals surface area contributed by atoms with Crippen molar-refractivity contribution < 1.29 is 19.3 Å². The Morgan fingerprint density at radius 1 is 1.36 bits per heavy atom. The third kappa shape index (κ3) is 4.19. The second-order valence-corrected chi connectivity index (χ2v) is 7.38. The number of hydrogen-bond acceptors (Lipinski definition) is 4. The Morgan fingerprint density at radius 2 is 2.05 bits per heavy atom. The van der Waals surface area contributed by atoms with Crippen LogP contribution in [0.15, 0.2) is 23.8 Å². The first kappa shape index (κ1) is 17.7. The molecule has 126 valence electrons. The van der Waals surface area contributed by atoms with E-state index in [4.69, 9.17) is 14.2 Å². The van der Waals surface area contributed by atoms with E-state index in [1.54, 1.807) is 0 Å². The molecule has 2 rings (SSSR count). The van der Waals surface area contributed by atoms with Gasteiger partial charge in [0.1, 0.15) is 11.7 Å². The molecule has 0 unspecified atom stereocenters. The fourth-order valence-electron chi connectivity index (χ4n) is 3.19. The first-order valence-electron chi connectivity index (χ1n) is 8.13. The molecule has 0 amide bonds. The molecule has 2 heterocycles. The lowest BCUT2D eigenvalue weighted by Crippen LogP contribution is -2.22. The van der Waals surface area contributed by atoms with E-state index < -0.39 is 5.79 Å². The second-order valence-electron chi connectivity index (χ2n) is 7.38. The van der Waals surface area contributed by atoms with E-state index in [2.05, 4.69) is 19.6 Å². The molecule has 22 heavy (non-hydrogen) atoms. The fraction of sp³-hybridized carbons (Fsp3) is 0.778. The summed E-state index contributed by atoms with van der Waals surface area (Å²) in [5.74, 6) is 0.0374. The van der Waals surface area contributed by atoms with Gasteiger partial charge in [0.05, 0.1) is 19.3 Å². The van der Waals surface area contributed by atoms with E-state index in [-0.39, 0.29) is 24.4 Å². The fourth-order valence-corrected chi connectivity index (χ4v) is 3.19. The molecule has 0 aromatic heterocycles. The van der Waals surface area contributed by atoms with Crippen LogP contribution in [0.25, 0.3) is 0 Å². The molecular weight excluding hydrogens is 280 g/mol. The summed E-state index contributed by atoms with van der Waals surface area (Å²) in [4.78, 5) is 0. The maximum atomic E-state index is 9.17. The highest BCUT2D eigenvalue weighted by Crippen LogP contribution is 2.42. The van der Waals surface area contributed by atoms with Gasteiger partial charge in [0.2, 0.25) is 0 Å². The second kappa shape index (κ2) is 6.44. The van der Waals surface area contributed by atoms with Crippen molar-refractivity contribution in [3.05, 3.63) is 23.8 Å². The molecule has 0 bridgehead atoms. The predicted octanol–water partition coefficient (Wildman–Crippen LogP) is 3.21. The first-order valence-corrected chi connectivity index (χ1v) is 8.13. The Labute approximate surface area is 134 Å². The zero-order valence-electron chi connectivity index (χ0n) is 14.5. The molecule has 4 nitrogen and oxygen atoms in total. The van der Waals surface area contributed by atoms with Crippen molar-refractivity contribution in [3.8, 4) is 0 Å². The normalized spacial score (nSPS) is 35.5. The van der Waals surface area contributed by atoms with Crippen LogP contribution in [0.1, 0.15) is 47.5 Å². The Kier molecular flexibility index (Phi) is 5.17.